The lowest BCUT2D eigenvalue weighted by Crippen LogP contribution is -2.28. The van der Waals surface area contributed by atoms with Gasteiger partial charge in [-0.05, 0) is 18.3 Å². The van der Waals surface area contributed by atoms with Gasteiger partial charge in [0.05, 0.1) is 5.71 Å². The van der Waals surface area contributed by atoms with Gasteiger partial charge >= 0.3 is 0 Å². The highest BCUT2D eigenvalue weighted by Gasteiger charge is 2.18. The number of nitrogens with one attached hydrogen (secondary N) is 2. The Hall–Kier alpha value is -1.76. The van der Waals surface area contributed by atoms with E-state index in [4.69, 9.17) is 5.73 Å². The summed E-state index contributed by atoms with van der Waals surface area (Å²) in [6.07, 6.45) is 0.577. The van der Waals surface area contributed by atoms with E-state index in [1.165, 1.54) is 0 Å². The largest absolute Gasteiger partial charge is 0.384 e. The highest BCUT2D eigenvalue weighted by atomic mass is 32.1. The van der Waals surface area contributed by atoms with Gasteiger partial charge in [-0.15, -0.1) is 0 Å². The first-order valence-corrected chi connectivity index (χ1v) is 5.34. The maximum absolute atomic E-state index is 13.2. The summed E-state index contributed by atoms with van der Waals surface area (Å²) in [5, 5.41) is 6.96. The number of hydrogen-bond acceptors (Lipinski definition) is 3. The number of fused-ring (bicyclic) bond motifs is 1. The summed E-state index contributed by atoms with van der Waals surface area (Å²) in [7, 11) is 0. The van der Waals surface area contributed by atoms with Crippen molar-refractivity contribution in [2.75, 3.05) is 11.9 Å². The summed E-state index contributed by atoms with van der Waals surface area (Å²) in [4.78, 5) is 0. The zero-order chi connectivity index (χ0) is 12.4. The van der Waals surface area contributed by atoms with Crippen molar-refractivity contribution in [3.63, 3.8) is 0 Å². The third-order valence-corrected chi connectivity index (χ3v) is 2.44. The number of hydrogen-bond donors (Lipinski definition) is 3. The third-order valence-electron chi connectivity index (χ3n) is 2.35. The zero-order valence-electron chi connectivity index (χ0n) is 8.76. The SMILES string of the molecule is NC(=S)NN=C1CCNc2cc(F)c(F)cc21. The summed E-state index contributed by atoms with van der Waals surface area (Å²) in [6.45, 7) is 0.593. The molecule has 7 heteroatoms. The Morgan fingerprint density at radius 3 is 2.82 bits per heavy atom. The Morgan fingerprint density at radius 1 is 1.41 bits per heavy atom. The number of anilines is 1. The van der Waals surface area contributed by atoms with E-state index in [1.54, 1.807) is 0 Å². The smallest absolute Gasteiger partial charge is 0.184 e. The van der Waals surface area contributed by atoms with E-state index in [9.17, 15) is 8.78 Å². The second-order valence-electron chi connectivity index (χ2n) is 3.52. The molecule has 0 amide bonds. The van der Waals surface area contributed by atoms with Crippen LogP contribution in [0.2, 0.25) is 0 Å². The first kappa shape index (κ1) is 11.7. The van der Waals surface area contributed by atoms with E-state index >= 15 is 0 Å². The van der Waals surface area contributed by atoms with E-state index in [1.807, 2.05) is 0 Å². The maximum Gasteiger partial charge on any atom is 0.184 e. The number of halogens is 2. The zero-order valence-corrected chi connectivity index (χ0v) is 9.57. The van der Waals surface area contributed by atoms with Crippen LogP contribution < -0.4 is 16.5 Å². The number of rotatable bonds is 1. The van der Waals surface area contributed by atoms with Gasteiger partial charge < -0.3 is 11.1 Å². The van der Waals surface area contributed by atoms with Crippen molar-refractivity contribution in [1.29, 1.82) is 0 Å². The van der Waals surface area contributed by atoms with Crippen LogP contribution in [0.1, 0.15) is 12.0 Å². The highest BCUT2D eigenvalue weighted by molar-refractivity contribution is 7.80. The lowest BCUT2D eigenvalue weighted by molar-refractivity contribution is 0.508. The molecular weight excluding hydrogens is 246 g/mol. The normalized spacial score (nSPS) is 16.2. The number of nitrogens with zero attached hydrogens (tertiary/aromatic N) is 1. The Bertz CT molecular complexity index is 501. The number of nitrogens with two attached hydrogens (primary N) is 1. The van der Waals surface area contributed by atoms with E-state index in [0.717, 1.165) is 12.1 Å². The van der Waals surface area contributed by atoms with Crippen molar-refractivity contribution in [1.82, 2.24) is 5.43 Å². The van der Waals surface area contributed by atoms with Crippen molar-refractivity contribution in [2.45, 2.75) is 6.42 Å². The van der Waals surface area contributed by atoms with Gasteiger partial charge in [-0.2, -0.15) is 5.10 Å². The van der Waals surface area contributed by atoms with E-state index in [0.29, 0.717) is 29.9 Å². The van der Waals surface area contributed by atoms with Gasteiger partial charge in [0, 0.05) is 30.3 Å². The summed E-state index contributed by atoms with van der Waals surface area (Å²) in [6, 6.07) is 2.22. The Kier molecular flexibility index (Phi) is 3.19. The molecule has 0 saturated heterocycles. The molecule has 1 aromatic rings. The van der Waals surface area contributed by atoms with Gasteiger partial charge in [-0.1, -0.05) is 0 Å². The molecule has 1 heterocycles. The number of hydrazone groups is 1. The molecule has 0 aliphatic carbocycles. The molecule has 0 aromatic heterocycles. The molecule has 1 aliphatic rings. The van der Waals surface area contributed by atoms with Crippen LogP contribution in [0.15, 0.2) is 17.2 Å². The van der Waals surface area contributed by atoms with E-state index < -0.39 is 11.6 Å². The Morgan fingerprint density at radius 2 is 2.12 bits per heavy atom. The first-order valence-electron chi connectivity index (χ1n) is 4.93. The van der Waals surface area contributed by atoms with Crippen LogP contribution >= 0.6 is 12.2 Å². The van der Waals surface area contributed by atoms with Gasteiger partial charge in [-0.25, -0.2) is 8.78 Å². The predicted molar refractivity (Wildman–Crippen MR) is 65.9 cm³/mol. The molecule has 0 fully saturated rings. The quantitative estimate of drug-likeness (QED) is 0.524. The minimum Gasteiger partial charge on any atom is -0.384 e. The van der Waals surface area contributed by atoms with Gasteiger partial charge in [0.1, 0.15) is 0 Å². The van der Waals surface area contributed by atoms with Crippen molar-refractivity contribution in [2.24, 2.45) is 10.8 Å². The van der Waals surface area contributed by atoms with Crippen molar-refractivity contribution >= 4 is 28.7 Å². The highest BCUT2D eigenvalue weighted by Crippen LogP contribution is 2.25. The molecule has 0 atom stereocenters. The fourth-order valence-corrected chi connectivity index (χ4v) is 1.67. The summed E-state index contributed by atoms with van der Waals surface area (Å²) in [5.74, 6) is -1.80. The average Bonchev–Trinajstić information content (AvgIpc) is 2.28. The van der Waals surface area contributed by atoms with Crippen LogP contribution in [-0.4, -0.2) is 17.4 Å². The standard InChI is InChI=1S/C10H10F2N4S/c11-6-3-5-8(15-16-10(13)17)1-2-14-9(5)4-7(6)12/h3-4,14H,1-2H2,(H3,13,16,17). The molecule has 4 nitrogen and oxygen atoms in total. The number of benzene rings is 1. The van der Waals surface area contributed by atoms with Crippen LogP contribution in [0.5, 0.6) is 0 Å². The summed E-state index contributed by atoms with van der Waals surface area (Å²) >= 11 is 4.62. The molecule has 2 rings (SSSR count). The van der Waals surface area contributed by atoms with Crippen LogP contribution in [0, 0.1) is 11.6 Å². The van der Waals surface area contributed by atoms with Crippen LogP contribution in [0.25, 0.3) is 0 Å². The first-order chi connectivity index (χ1) is 8.08. The second kappa shape index (κ2) is 4.62. The van der Waals surface area contributed by atoms with Gasteiger partial charge in [-0.3, -0.25) is 5.43 Å². The van der Waals surface area contributed by atoms with Gasteiger partial charge in [0.2, 0.25) is 0 Å². The third kappa shape index (κ3) is 2.50. The maximum atomic E-state index is 13.2. The van der Waals surface area contributed by atoms with Crippen molar-refractivity contribution < 1.29 is 8.78 Å². The Balaban J connectivity index is 2.40. The molecule has 17 heavy (non-hydrogen) atoms. The Labute approximate surface area is 102 Å². The molecule has 1 aromatic carbocycles. The fourth-order valence-electron chi connectivity index (χ4n) is 1.62. The summed E-state index contributed by atoms with van der Waals surface area (Å²) < 4.78 is 26.2. The van der Waals surface area contributed by atoms with Crippen LogP contribution in [0.3, 0.4) is 0 Å². The molecule has 0 radical (unpaired) electrons. The molecule has 1 aliphatic heterocycles. The second-order valence-corrected chi connectivity index (χ2v) is 3.96. The molecule has 0 unspecified atom stereocenters. The van der Waals surface area contributed by atoms with Crippen LogP contribution in [0.4, 0.5) is 14.5 Å². The number of thiocarbonyl (C=S) groups is 1. The lowest BCUT2D eigenvalue weighted by atomic mass is 10.0. The van der Waals surface area contributed by atoms with E-state index in [2.05, 4.69) is 28.1 Å². The molecular formula is C10H10F2N4S. The molecule has 0 saturated carbocycles. The lowest BCUT2D eigenvalue weighted by Gasteiger charge is -2.20. The van der Waals surface area contributed by atoms with Crippen LogP contribution in [-0.2, 0) is 0 Å². The van der Waals surface area contributed by atoms with E-state index in [-0.39, 0.29) is 5.11 Å². The fraction of sp³-hybridized carbons (Fsp3) is 0.200. The molecule has 4 N–H and O–H groups in total. The average molecular weight is 256 g/mol. The molecule has 0 bridgehead atoms. The minimum absolute atomic E-state index is 0.0279. The monoisotopic (exact) mass is 256 g/mol. The van der Waals surface area contributed by atoms with Gasteiger partial charge in [0.15, 0.2) is 16.7 Å². The minimum atomic E-state index is -0.907. The van der Waals surface area contributed by atoms with Crippen molar-refractivity contribution in [3.8, 4) is 0 Å². The predicted octanol–water partition coefficient (Wildman–Crippen LogP) is 1.32. The topological polar surface area (TPSA) is 62.4 Å². The molecule has 90 valence electrons. The van der Waals surface area contributed by atoms with Gasteiger partial charge in [0.25, 0.3) is 0 Å². The summed E-state index contributed by atoms with van der Waals surface area (Å²) in [5.41, 5.74) is 9.30. The molecule has 0 spiro atoms. The van der Waals surface area contributed by atoms with Crippen molar-refractivity contribution in [3.05, 3.63) is 29.3 Å².